The maximum atomic E-state index is 13.5. The Kier molecular flexibility index (Phi) is 7.11. The van der Waals surface area contributed by atoms with Crippen molar-refractivity contribution in [2.45, 2.75) is 31.8 Å². The number of anilines is 1. The van der Waals surface area contributed by atoms with Gasteiger partial charge in [-0.1, -0.05) is 0 Å². The third-order valence-corrected chi connectivity index (χ3v) is 5.68. The average molecular weight is 460 g/mol. The van der Waals surface area contributed by atoms with Gasteiger partial charge in [-0.15, -0.1) is 3.89 Å². The summed E-state index contributed by atoms with van der Waals surface area (Å²) >= 11 is 0.0222. The number of carbonyl (C=O) groups excluding carboxylic acids is 1. The predicted molar refractivity (Wildman–Crippen MR) is 124 cm³/mol. The molecule has 0 aromatic carbocycles. The van der Waals surface area contributed by atoms with E-state index in [1.165, 1.54) is 30.5 Å². The summed E-state index contributed by atoms with van der Waals surface area (Å²) in [6.07, 6.45) is 8.88. The number of aromatic nitrogens is 3. The molecule has 0 spiro atoms. The lowest BCUT2D eigenvalue weighted by Crippen LogP contribution is -2.08. The number of methoxy groups -OCH3 is 1. The summed E-state index contributed by atoms with van der Waals surface area (Å²) in [7, 11) is 3.54. The van der Waals surface area contributed by atoms with Crippen molar-refractivity contribution in [3.8, 4) is 22.8 Å². The van der Waals surface area contributed by atoms with Crippen molar-refractivity contribution in [1.29, 1.82) is 0 Å². The monoisotopic (exact) mass is 459 g/mol. The van der Waals surface area contributed by atoms with Gasteiger partial charge < -0.3 is 20.1 Å². The Morgan fingerprint density at radius 2 is 2.09 bits per heavy atom. The van der Waals surface area contributed by atoms with Crippen LogP contribution in [0.2, 0.25) is 0 Å². The fourth-order valence-corrected chi connectivity index (χ4v) is 3.72. The van der Waals surface area contributed by atoms with E-state index in [4.69, 9.17) is 9.47 Å². The Hall–Kier alpha value is -2.85. The highest BCUT2D eigenvalue weighted by molar-refractivity contribution is 7.92. The number of halogens is 1. The molecular weight excluding hydrogens is 433 g/mol. The van der Waals surface area contributed by atoms with Crippen LogP contribution in [0.1, 0.15) is 25.7 Å². The number of nitrogens with one attached hydrogen (secondary N) is 2. The van der Waals surface area contributed by atoms with Gasteiger partial charge in [0.1, 0.15) is 11.6 Å². The summed E-state index contributed by atoms with van der Waals surface area (Å²) in [4.78, 5) is 19.2. The van der Waals surface area contributed by atoms with Crippen LogP contribution in [0, 0.1) is 5.92 Å². The Balaban J connectivity index is 0.000000354. The van der Waals surface area contributed by atoms with E-state index in [1.54, 1.807) is 30.6 Å². The molecule has 8 nitrogen and oxygen atoms in total. The lowest BCUT2D eigenvalue weighted by atomic mass is 10.1. The summed E-state index contributed by atoms with van der Waals surface area (Å²) < 4.78 is 26.2. The molecule has 2 saturated carbocycles. The third-order valence-electron chi connectivity index (χ3n) is 5.25. The summed E-state index contributed by atoms with van der Waals surface area (Å²) in [5.41, 5.74) is 1.72. The van der Waals surface area contributed by atoms with Crippen LogP contribution in [-0.2, 0) is 4.79 Å². The van der Waals surface area contributed by atoms with Gasteiger partial charge in [0, 0.05) is 23.3 Å². The summed E-state index contributed by atoms with van der Waals surface area (Å²) in [5.74, 6) is 2.40. The Labute approximate surface area is 190 Å². The van der Waals surface area contributed by atoms with Crippen LogP contribution >= 0.6 is 12.3 Å². The first-order chi connectivity index (χ1) is 15.7. The number of rotatable bonds is 9. The zero-order valence-electron chi connectivity index (χ0n) is 18.0. The molecule has 0 radical (unpaired) electrons. The molecule has 2 aliphatic carbocycles. The van der Waals surface area contributed by atoms with Crippen LogP contribution in [0.5, 0.6) is 11.6 Å². The Morgan fingerprint density at radius 3 is 2.69 bits per heavy atom. The van der Waals surface area contributed by atoms with Crippen LogP contribution in [-0.4, -0.2) is 47.2 Å². The third kappa shape index (κ3) is 5.13. The quantitative estimate of drug-likeness (QED) is 0.463. The number of amides is 1. The SMILES string of the molecule is CNCC1CC1.COc1nccc(OC2CC2)c1-c1cn(SF)c2nc(NC=O)ccc12. The van der Waals surface area contributed by atoms with Crippen LogP contribution in [0.4, 0.5) is 9.70 Å². The first-order valence-electron chi connectivity index (χ1n) is 10.5. The van der Waals surface area contributed by atoms with E-state index in [9.17, 15) is 8.68 Å². The molecule has 0 saturated heterocycles. The second-order valence-corrected chi connectivity index (χ2v) is 8.31. The highest BCUT2D eigenvalue weighted by Crippen LogP contribution is 2.43. The molecule has 0 bridgehead atoms. The molecule has 170 valence electrons. The van der Waals surface area contributed by atoms with Crippen molar-refractivity contribution in [1.82, 2.24) is 19.3 Å². The Morgan fingerprint density at radius 1 is 1.28 bits per heavy atom. The van der Waals surface area contributed by atoms with Gasteiger partial charge in [0.2, 0.25) is 12.3 Å². The number of ether oxygens (including phenoxy) is 2. The van der Waals surface area contributed by atoms with Gasteiger partial charge in [0.25, 0.3) is 0 Å². The standard InChI is InChI=1S/C17H15FN4O3S.C5H11N/c1-24-17-15(13(6-7-19-17)25-10-2-3-10)12-8-22(26-18)16-11(12)4-5-14(21-16)20-9-23;1-6-4-5-2-3-5/h4-10H,2-3H2,1H3,(H,20,21,23);5-6H,2-4H2,1H3. The summed E-state index contributed by atoms with van der Waals surface area (Å²) in [6, 6.07) is 5.19. The van der Waals surface area contributed by atoms with Crippen LogP contribution in [0.25, 0.3) is 22.2 Å². The van der Waals surface area contributed by atoms with Gasteiger partial charge in [-0.25, -0.2) is 13.9 Å². The molecule has 2 fully saturated rings. The molecule has 32 heavy (non-hydrogen) atoms. The molecule has 10 heteroatoms. The van der Waals surface area contributed by atoms with Gasteiger partial charge >= 0.3 is 0 Å². The summed E-state index contributed by atoms with van der Waals surface area (Å²) in [6.45, 7) is 1.24. The minimum Gasteiger partial charge on any atom is -0.490 e. The molecule has 3 aromatic heterocycles. The second kappa shape index (κ2) is 10.2. The van der Waals surface area contributed by atoms with Gasteiger partial charge in [-0.2, -0.15) is 0 Å². The molecule has 2 aliphatic rings. The minimum absolute atomic E-state index is 0.0222. The number of nitrogens with zero attached hydrogens (tertiary/aromatic N) is 3. The van der Waals surface area contributed by atoms with Crippen molar-refractivity contribution >= 4 is 35.6 Å². The van der Waals surface area contributed by atoms with E-state index in [1.807, 2.05) is 7.05 Å². The lowest BCUT2D eigenvalue weighted by Gasteiger charge is -2.13. The van der Waals surface area contributed by atoms with Gasteiger partial charge in [0.05, 0.1) is 18.8 Å². The highest BCUT2D eigenvalue weighted by atomic mass is 32.2. The molecule has 0 aliphatic heterocycles. The van der Waals surface area contributed by atoms with Crippen molar-refractivity contribution in [3.63, 3.8) is 0 Å². The fraction of sp³-hybridized carbons (Fsp3) is 0.409. The zero-order chi connectivity index (χ0) is 22.5. The van der Waals surface area contributed by atoms with Gasteiger partial charge in [-0.3, -0.25) is 4.79 Å². The molecule has 2 N–H and O–H groups in total. The van der Waals surface area contributed by atoms with E-state index in [0.717, 1.165) is 18.8 Å². The predicted octanol–water partition coefficient (Wildman–Crippen LogP) is 4.21. The maximum Gasteiger partial charge on any atom is 0.224 e. The number of fused-ring (bicyclic) bond motifs is 1. The van der Waals surface area contributed by atoms with E-state index in [-0.39, 0.29) is 18.4 Å². The topological polar surface area (TPSA) is 90.3 Å². The molecule has 1 amide bonds. The number of hydrogen-bond donors (Lipinski definition) is 2. The molecular formula is C22H26FN5O3S. The fourth-order valence-electron chi connectivity index (χ4n) is 3.37. The van der Waals surface area contributed by atoms with Crippen LogP contribution in [0.3, 0.4) is 0 Å². The molecule has 5 rings (SSSR count). The Bertz CT molecular complexity index is 1080. The van der Waals surface area contributed by atoms with Crippen molar-refractivity contribution in [3.05, 3.63) is 30.6 Å². The van der Waals surface area contributed by atoms with Crippen molar-refractivity contribution in [2.24, 2.45) is 5.92 Å². The normalized spacial score (nSPS) is 15.1. The van der Waals surface area contributed by atoms with E-state index < -0.39 is 0 Å². The van der Waals surface area contributed by atoms with Crippen molar-refractivity contribution in [2.75, 3.05) is 26.0 Å². The van der Waals surface area contributed by atoms with Gasteiger partial charge in [0.15, 0.2) is 18.0 Å². The van der Waals surface area contributed by atoms with Crippen molar-refractivity contribution < 1.29 is 18.2 Å². The maximum absolute atomic E-state index is 13.5. The number of hydrogen-bond acceptors (Lipinski definition) is 7. The summed E-state index contributed by atoms with van der Waals surface area (Å²) in [5, 5.41) is 6.29. The second-order valence-electron chi connectivity index (χ2n) is 7.78. The smallest absolute Gasteiger partial charge is 0.224 e. The number of carbonyl (C=O) groups is 1. The molecule has 0 unspecified atom stereocenters. The van der Waals surface area contributed by atoms with E-state index >= 15 is 0 Å². The first kappa shape index (κ1) is 22.3. The first-order valence-corrected chi connectivity index (χ1v) is 11.2. The van der Waals surface area contributed by atoms with Gasteiger partial charge in [-0.05, 0) is 63.4 Å². The number of pyridine rings is 2. The molecule has 3 aromatic rings. The largest absolute Gasteiger partial charge is 0.490 e. The van der Waals surface area contributed by atoms with E-state index in [2.05, 4.69) is 20.6 Å². The highest BCUT2D eigenvalue weighted by Gasteiger charge is 2.27. The van der Waals surface area contributed by atoms with Crippen LogP contribution in [0.15, 0.2) is 30.6 Å². The molecule has 3 heterocycles. The average Bonchev–Trinajstić information content (AvgIpc) is 3.74. The lowest BCUT2D eigenvalue weighted by molar-refractivity contribution is -0.105. The van der Waals surface area contributed by atoms with Crippen LogP contribution < -0.4 is 20.1 Å². The zero-order valence-corrected chi connectivity index (χ0v) is 18.8. The molecule has 0 atom stereocenters. The minimum atomic E-state index is 0.0222. The van der Waals surface area contributed by atoms with E-state index in [0.29, 0.717) is 46.0 Å².